The van der Waals surface area contributed by atoms with E-state index < -0.39 is 67.3 Å². The number of nitrogens with two attached hydrogens (primary N) is 2. The van der Waals surface area contributed by atoms with Crippen LogP contribution in [-0.4, -0.2) is 31.4 Å². The summed E-state index contributed by atoms with van der Waals surface area (Å²) in [7, 11) is -3.80. The lowest BCUT2D eigenvalue weighted by atomic mass is 10.2. The quantitative estimate of drug-likeness (QED) is 0.369. The molecule has 0 saturated heterocycles. The normalized spacial score (nSPS) is 13.9. The maximum Gasteiger partial charge on any atom is 0.491 e. The molecule has 1 unspecified atom stereocenters. The highest BCUT2D eigenvalue weighted by Crippen LogP contribution is 2.40. The number of benzene rings is 1. The van der Waals surface area contributed by atoms with Crippen LogP contribution >= 0.6 is 23.2 Å². The van der Waals surface area contributed by atoms with E-state index in [1.54, 1.807) is 0 Å². The molecule has 0 saturated carbocycles. The molecule has 1 atom stereocenters. The maximum absolute atomic E-state index is 12.8. The molecule has 1 aromatic heterocycles. The third-order valence-electron chi connectivity index (χ3n) is 3.44. The van der Waals surface area contributed by atoms with Gasteiger partial charge in [-0.25, -0.2) is 13.5 Å². The van der Waals surface area contributed by atoms with Gasteiger partial charge >= 0.3 is 11.7 Å². The zero-order chi connectivity index (χ0) is 23.9. The van der Waals surface area contributed by atoms with Gasteiger partial charge in [-0.1, -0.05) is 23.2 Å². The first-order chi connectivity index (χ1) is 14.1. The third kappa shape index (κ3) is 5.22. The second-order valence-electron chi connectivity index (χ2n) is 5.59. The van der Waals surface area contributed by atoms with E-state index in [9.17, 15) is 35.3 Å². The number of aliphatic imine (C=N–C) groups is 1. The van der Waals surface area contributed by atoms with Crippen molar-refractivity contribution < 1.29 is 35.3 Å². The molecular formula is C14H10Cl2F6N6O2S. The molecule has 1 aromatic carbocycles. The fraction of sp³-hybridized carbons (Fsp3) is 0.214. The van der Waals surface area contributed by atoms with Crippen LogP contribution in [0.4, 0.5) is 43.5 Å². The highest BCUT2D eigenvalue weighted by atomic mass is 35.5. The van der Waals surface area contributed by atoms with Crippen molar-refractivity contribution in [3.8, 4) is 0 Å². The highest BCUT2D eigenvalue weighted by molar-refractivity contribution is 7.88. The minimum atomic E-state index is -5.29. The van der Waals surface area contributed by atoms with Gasteiger partial charge in [0.2, 0.25) is 22.9 Å². The van der Waals surface area contributed by atoms with Crippen LogP contribution in [0, 0.1) is 0 Å². The van der Waals surface area contributed by atoms with Crippen LogP contribution in [0.25, 0.3) is 0 Å². The van der Waals surface area contributed by atoms with Crippen LogP contribution in [0.1, 0.15) is 12.5 Å². The zero-order valence-corrected chi connectivity index (χ0v) is 17.3. The Morgan fingerprint density at radius 2 is 1.71 bits per heavy atom. The lowest BCUT2D eigenvalue weighted by Crippen LogP contribution is -2.39. The number of carbonyl (C=O) groups is 1. The lowest BCUT2D eigenvalue weighted by molar-refractivity contribution is -0.137. The largest absolute Gasteiger partial charge is 0.491 e. The molecule has 0 radical (unpaired) electrons. The number of halogens is 8. The summed E-state index contributed by atoms with van der Waals surface area (Å²) in [6, 6.07) is 1.06. The van der Waals surface area contributed by atoms with E-state index in [1.807, 2.05) is 0 Å². The Labute approximate surface area is 182 Å². The van der Waals surface area contributed by atoms with Crippen molar-refractivity contribution in [1.29, 1.82) is 0 Å². The fourth-order valence-corrected chi connectivity index (χ4v) is 3.50. The van der Waals surface area contributed by atoms with Crippen molar-refractivity contribution in [3.63, 3.8) is 0 Å². The van der Waals surface area contributed by atoms with Gasteiger partial charge in [0.15, 0.2) is 5.82 Å². The zero-order valence-electron chi connectivity index (χ0n) is 14.9. The van der Waals surface area contributed by atoms with Crippen molar-refractivity contribution in [3.05, 3.63) is 33.9 Å². The molecule has 4 N–H and O–H groups in total. The molecule has 17 heteroatoms. The number of amides is 1. The van der Waals surface area contributed by atoms with Crippen molar-refractivity contribution in [2.45, 2.75) is 18.6 Å². The number of carbonyl (C=O) groups excluding carboxylic acids is 1. The summed E-state index contributed by atoms with van der Waals surface area (Å²) >= 11 is 11.5. The van der Waals surface area contributed by atoms with E-state index in [0.717, 1.165) is 0 Å². The lowest BCUT2D eigenvalue weighted by Gasteiger charge is -2.20. The Kier molecular flexibility index (Phi) is 6.82. The number of nitrogens with zero attached hydrogens (tertiary/aromatic N) is 4. The topological polar surface area (TPSA) is 120 Å². The molecule has 2 rings (SSSR count). The minimum absolute atomic E-state index is 0.163. The number of hydrogen-bond donors (Lipinski definition) is 2. The molecule has 1 amide bonds. The van der Waals surface area contributed by atoms with Crippen LogP contribution < -0.4 is 15.8 Å². The first kappa shape index (κ1) is 24.7. The summed E-state index contributed by atoms with van der Waals surface area (Å²) in [5.74, 6) is -2.62. The Morgan fingerprint density at radius 3 is 2.13 bits per heavy atom. The summed E-state index contributed by atoms with van der Waals surface area (Å²) in [5.41, 5.74) is 3.77. The van der Waals surface area contributed by atoms with Gasteiger partial charge in [-0.05, 0) is 12.1 Å². The molecule has 0 fully saturated rings. The standard InChI is InChI=1S/C14H10Cl2F6N6O2S/c1-5(29)28(31(30)14(20,21)22)9-4-25-27(11(9)23)12(24)26-10-7(15)2-6(3-8(10)16)13(17,18)19/h2-4H,23H2,1H3,(H2,24,26). The predicted molar refractivity (Wildman–Crippen MR) is 102 cm³/mol. The van der Waals surface area contributed by atoms with E-state index in [4.69, 9.17) is 34.7 Å². The van der Waals surface area contributed by atoms with Gasteiger partial charge in [0, 0.05) is 6.92 Å². The molecule has 0 spiro atoms. The van der Waals surface area contributed by atoms with Crippen LogP contribution in [0.2, 0.25) is 10.0 Å². The van der Waals surface area contributed by atoms with Crippen LogP contribution in [0.5, 0.6) is 0 Å². The summed E-state index contributed by atoms with van der Waals surface area (Å²) in [6.07, 6.45) is -4.08. The van der Waals surface area contributed by atoms with Gasteiger partial charge in [0.1, 0.15) is 11.4 Å². The van der Waals surface area contributed by atoms with Gasteiger partial charge in [-0.15, -0.1) is 0 Å². The number of anilines is 2. The summed E-state index contributed by atoms with van der Waals surface area (Å²) in [4.78, 5) is 15.3. The monoisotopic (exact) mass is 510 g/mol. The molecule has 2 aromatic rings. The first-order valence-corrected chi connectivity index (χ1v) is 9.45. The smallest absolute Gasteiger partial charge is 0.382 e. The summed E-state index contributed by atoms with van der Waals surface area (Å²) in [5, 5.41) is 2.48. The highest BCUT2D eigenvalue weighted by Gasteiger charge is 2.44. The number of aromatic nitrogens is 2. The van der Waals surface area contributed by atoms with E-state index in [0.29, 0.717) is 29.9 Å². The average Bonchev–Trinajstić information content (AvgIpc) is 2.97. The molecule has 0 bridgehead atoms. The summed E-state index contributed by atoms with van der Waals surface area (Å²) < 4.78 is 88.9. The fourth-order valence-electron chi connectivity index (χ4n) is 2.17. The van der Waals surface area contributed by atoms with Crippen LogP contribution in [0.3, 0.4) is 0 Å². The molecule has 31 heavy (non-hydrogen) atoms. The summed E-state index contributed by atoms with van der Waals surface area (Å²) in [6.45, 7) is 0.708. The number of nitrogen functional groups attached to an aromatic ring is 1. The van der Waals surface area contributed by atoms with Crippen molar-refractivity contribution >= 4 is 63.2 Å². The Bertz CT molecular complexity index is 1060. The number of alkyl halides is 6. The van der Waals surface area contributed by atoms with E-state index in [1.165, 1.54) is 0 Å². The van der Waals surface area contributed by atoms with Gasteiger partial charge in [0.25, 0.3) is 0 Å². The first-order valence-electron chi connectivity index (χ1n) is 7.59. The van der Waals surface area contributed by atoms with Crippen molar-refractivity contribution in [1.82, 2.24) is 9.78 Å². The van der Waals surface area contributed by atoms with Gasteiger partial charge < -0.3 is 11.5 Å². The molecule has 0 aliphatic rings. The van der Waals surface area contributed by atoms with Crippen molar-refractivity contribution in [2.24, 2.45) is 10.7 Å². The maximum atomic E-state index is 12.8. The second-order valence-corrected chi connectivity index (χ2v) is 7.73. The molecule has 8 nitrogen and oxygen atoms in total. The number of rotatable bonds is 3. The number of hydrogen-bond acceptors (Lipinski definition) is 5. The average molecular weight is 511 g/mol. The predicted octanol–water partition coefficient (Wildman–Crippen LogP) is 3.82. The SMILES string of the molecule is CC(=O)N(c1cnn(C(N)=Nc2c(Cl)cc(C(F)(F)F)cc2Cl)c1N)S(=O)C(F)(F)F. The third-order valence-corrected chi connectivity index (χ3v) is 5.20. The second kappa shape index (κ2) is 8.55. The Balaban J connectivity index is 2.53. The van der Waals surface area contributed by atoms with E-state index in [-0.39, 0.29) is 4.31 Å². The minimum Gasteiger partial charge on any atom is -0.382 e. The van der Waals surface area contributed by atoms with Gasteiger partial charge in [-0.2, -0.15) is 36.1 Å². The van der Waals surface area contributed by atoms with E-state index >= 15 is 0 Å². The molecule has 0 aliphatic carbocycles. The van der Waals surface area contributed by atoms with Crippen LogP contribution in [0.15, 0.2) is 23.3 Å². The Hall–Kier alpha value is -2.52. The van der Waals surface area contributed by atoms with Crippen LogP contribution in [-0.2, 0) is 22.0 Å². The molecule has 170 valence electrons. The Morgan fingerprint density at radius 1 is 1.19 bits per heavy atom. The molecule has 1 heterocycles. The van der Waals surface area contributed by atoms with E-state index in [2.05, 4.69) is 10.1 Å². The van der Waals surface area contributed by atoms with Gasteiger partial charge in [0.05, 0.1) is 21.8 Å². The molecule has 0 aliphatic heterocycles. The van der Waals surface area contributed by atoms with Gasteiger partial charge in [-0.3, -0.25) is 4.79 Å². The van der Waals surface area contributed by atoms with Crippen molar-refractivity contribution in [2.75, 3.05) is 10.0 Å². The molecular weight excluding hydrogens is 501 g/mol.